The second-order valence-electron chi connectivity index (χ2n) is 8.43. The quantitative estimate of drug-likeness (QED) is 0.397. The van der Waals surface area contributed by atoms with E-state index in [0.717, 1.165) is 48.1 Å². The second kappa shape index (κ2) is 15.5. The van der Waals surface area contributed by atoms with Gasteiger partial charge in [0.1, 0.15) is 0 Å². The van der Waals surface area contributed by atoms with Gasteiger partial charge in [-0.1, -0.05) is 64.5 Å². The number of carbonyl (C=O) groups excluding carboxylic acids is 2. The summed E-state index contributed by atoms with van der Waals surface area (Å²) in [6.45, 7) is 13.7. The number of nitrogens with one attached hydrogen (secondary N) is 1. The number of amides is 1. The summed E-state index contributed by atoms with van der Waals surface area (Å²) in [7, 11) is 0. The summed E-state index contributed by atoms with van der Waals surface area (Å²) in [5.74, 6) is 0.758. The molecule has 2 aromatic carbocycles. The van der Waals surface area contributed by atoms with Gasteiger partial charge in [-0.2, -0.15) is 12.8 Å². The van der Waals surface area contributed by atoms with Crippen LogP contribution in [0.15, 0.2) is 55.1 Å². The van der Waals surface area contributed by atoms with Crippen LogP contribution in [0, 0.1) is 26.2 Å². The van der Waals surface area contributed by atoms with Crippen LogP contribution in [0.2, 0.25) is 0 Å². The first-order valence-electron chi connectivity index (χ1n) is 11.2. The molecule has 1 amide bonds. The van der Waals surface area contributed by atoms with Crippen LogP contribution in [0.5, 0.6) is 0 Å². The van der Waals surface area contributed by atoms with Gasteiger partial charge >= 0.3 is 51.4 Å². The monoisotopic (exact) mass is 467 g/mol. The maximum absolute atomic E-state index is 12.4. The largest absolute Gasteiger partial charge is 1.00 e. The molecule has 1 aliphatic carbocycles. The first-order valence-corrected chi connectivity index (χ1v) is 11.2. The van der Waals surface area contributed by atoms with E-state index in [1.165, 1.54) is 5.56 Å². The number of hydrogen-bond acceptors (Lipinski definition) is 2. The van der Waals surface area contributed by atoms with Crippen molar-refractivity contribution in [1.82, 2.24) is 0 Å². The van der Waals surface area contributed by atoms with Crippen LogP contribution in [0.1, 0.15) is 73.3 Å². The molecule has 1 saturated carbocycles. The fourth-order valence-corrected chi connectivity index (χ4v) is 3.73. The van der Waals surface area contributed by atoms with Gasteiger partial charge in [0.25, 0.3) is 0 Å². The molecule has 1 fully saturated rings. The zero-order valence-corrected chi connectivity index (χ0v) is 23.6. The Morgan fingerprint density at radius 1 is 1.24 bits per heavy atom. The van der Waals surface area contributed by atoms with Crippen LogP contribution in [0.25, 0.3) is 6.08 Å². The average molecular weight is 468 g/mol. The SMILES string of the molecule is C=C/C=C\c1cc(NC(=O)C2CC[CH-]CC2)ccc1C(C)C.[CH2-]c1c(C)cccc1[C-]=O.[K+]. The van der Waals surface area contributed by atoms with Gasteiger partial charge in [-0.3, -0.25) is 22.8 Å². The van der Waals surface area contributed by atoms with Crippen molar-refractivity contribution in [3.05, 3.63) is 96.3 Å². The molecule has 33 heavy (non-hydrogen) atoms. The molecule has 0 aliphatic heterocycles. The molecule has 2 aromatic rings. The van der Waals surface area contributed by atoms with Crippen LogP contribution >= 0.6 is 0 Å². The van der Waals surface area contributed by atoms with Crippen LogP contribution in [0.4, 0.5) is 5.69 Å². The Labute approximate surface area is 242 Å². The molecule has 0 bridgehead atoms. The van der Waals surface area contributed by atoms with Crippen LogP contribution in [0.3, 0.4) is 0 Å². The van der Waals surface area contributed by atoms with Crippen molar-refractivity contribution >= 4 is 24.0 Å². The first kappa shape index (κ1) is 29.6. The van der Waals surface area contributed by atoms with Crippen molar-refractivity contribution in [2.45, 2.75) is 52.4 Å². The summed E-state index contributed by atoms with van der Waals surface area (Å²) in [5, 5.41) is 3.08. The van der Waals surface area contributed by atoms with Crippen molar-refractivity contribution in [2.75, 3.05) is 5.32 Å². The van der Waals surface area contributed by atoms with E-state index in [0.29, 0.717) is 11.5 Å². The molecule has 0 spiro atoms. The van der Waals surface area contributed by atoms with Crippen molar-refractivity contribution in [2.24, 2.45) is 5.92 Å². The third kappa shape index (κ3) is 9.38. The third-order valence-corrected chi connectivity index (χ3v) is 5.72. The van der Waals surface area contributed by atoms with Crippen LogP contribution in [-0.2, 0) is 9.59 Å². The van der Waals surface area contributed by atoms with Crippen LogP contribution in [-0.4, -0.2) is 12.2 Å². The normalized spacial score (nSPS) is 13.6. The van der Waals surface area contributed by atoms with Gasteiger partial charge in [0, 0.05) is 11.6 Å². The van der Waals surface area contributed by atoms with Crippen molar-refractivity contribution in [1.29, 1.82) is 0 Å². The van der Waals surface area contributed by atoms with Gasteiger partial charge in [0.15, 0.2) is 0 Å². The number of carbonyl (C=O) groups is 1. The van der Waals surface area contributed by atoms with Crippen molar-refractivity contribution in [3.8, 4) is 0 Å². The molecule has 0 atom stereocenters. The predicted octanol–water partition coefficient (Wildman–Crippen LogP) is 3.98. The zero-order valence-electron chi connectivity index (χ0n) is 20.5. The molecular weight excluding hydrogens is 433 g/mol. The molecule has 0 heterocycles. The summed E-state index contributed by atoms with van der Waals surface area (Å²) in [5.41, 5.74) is 5.67. The Morgan fingerprint density at radius 3 is 2.52 bits per heavy atom. The fourth-order valence-electron chi connectivity index (χ4n) is 3.73. The van der Waals surface area contributed by atoms with E-state index in [-0.39, 0.29) is 63.2 Å². The van der Waals surface area contributed by atoms with Gasteiger partial charge in [-0.05, 0) is 35.5 Å². The van der Waals surface area contributed by atoms with E-state index in [1.807, 2.05) is 43.6 Å². The van der Waals surface area contributed by atoms with E-state index in [4.69, 9.17) is 0 Å². The topological polar surface area (TPSA) is 46.2 Å². The molecule has 0 saturated heterocycles. The minimum atomic E-state index is 0. The van der Waals surface area contributed by atoms with Gasteiger partial charge in [-0.15, -0.1) is 12.1 Å². The molecule has 0 aromatic heterocycles. The Bertz CT molecular complexity index is 956. The van der Waals surface area contributed by atoms with E-state index in [1.54, 1.807) is 12.1 Å². The Hall–Kier alpha value is -1.43. The van der Waals surface area contributed by atoms with E-state index >= 15 is 0 Å². The number of rotatable bonds is 6. The van der Waals surface area contributed by atoms with Gasteiger partial charge in [0.05, 0.1) is 0 Å². The summed E-state index contributed by atoms with van der Waals surface area (Å²) in [6, 6.07) is 11.6. The molecule has 4 heteroatoms. The fraction of sp³-hybridized carbons (Fsp3) is 0.310. The van der Waals surface area contributed by atoms with E-state index in [2.05, 4.69) is 51.2 Å². The Kier molecular flexibility index (Phi) is 13.9. The van der Waals surface area contributed by atoms with E-state index in [9.17, 15) is 9.59 Å². The summed E-state index contributed by atoms with van der Waals surface area (Å²) in [6.07, 6.45) is 13.9. The number of hydrogen-bond donors (Lipinski definition) is 1. The Morgan fingerprint density at radius 2 is 1.94 bits per heavy atom. The molecular formula is C29H34KNO2-2. The molecule has 3 nitrogen and oxygen atoms in total. The first-order chi connectivity index (χ1) is 15.4. The van der Waals surface area contributed by atoms with Crippen molar-refractivity contribution < 1.29 is 61.0 Å². The van der Waals surface area contributed by atoms with Gasteiger partial charge < -0.3 is 16.5 Å². The van der Waals surface area contributed by atoms with Crippen molar-refractivity contribution in [3.63, 3.8) is 0 Å². The number of anilines is 1. The number of aryl methyl sites for hydroxylation is 1. The number of allylic oxidation sites excluding steroid dienone is 2. The minimum absolute atomic E-state index is 0. The Balaban J connectivity index is 0.000000417. The smallest absolute Gasteiger partial charge is 0.391 e. The average Bonchev–Trinajstić information content (AvgIpc) is 2.80. The van der Waals surface area contributed by atoms with Crippen LogP contribution < -0.4 is 56.7 Å². The molecule has 0 radical (unpaired) electrons. The van der Waals surface area contributed by atoms with Gasteiger partial charge in [0.2, 0.25) is 5.91 Å². The summed E-state index contributed by atoms with van der Waals surface area (Å²) in [4.78, 5) is 22.6. The maximum Gasteiger partial charge on any atom is 1.00 e. The molecule has 0 unspecified atom stereocenters. The van der Waals surface area contributed by atoms with Gasteiger partial charge in [-0.25, -0.2) is 11.6 Å². The minimum Gasteiger partial charge on any atom is -0.391 e. The maximum atomic E-state index is 12.4. The summed E-state index contributed by atoms with van der Waals surface area (Å²) >= 11 is 0. The molecule has 1 N–H and O–H groups in total. The molecule has 170 valence electrons. The standard InChI is InChI=1S/C20H26NO.C9H8O.K/c1-4-5-9-17-14-18(12-13-19(17)15(2)3)21-20(22)16-10-7-6-8-11-16;1-7-4-3-5-9(6-10)8(7)2;/h4-6,9,12-16H,1,7-8,10-11H2,2-3H3,(H,21,22);3-5H,2H2,1H3;/q-1;-2;+1/b9-5-;;. The number of benzene rings is 2. The predicted molar refractivity (Wildman–Crippen MR) is 135 cm³/mol. The summed E-state index contributed by atoms with van der Waals surface area (Å²) < 4.78 is 0. The second-order valence-corrected chi connectivity index (χ2v) is 8.43. The molecule has 1 aliphatic rings. The van der Waals surface area contributed by atoms with E-state index < -0.39 is 0 Å². The zero-order chi connectivity index (χ0) is 23.5. The third-order valence-electron chi connectivity index (χ3n) is 5.72. The molecule has 3 rings (SSSR count).